The number of ether oxygens (including phenoxy) is 1. The van der Waals surface area contributed by atoms with Crippen LogP contribution in [0.5, 0.6) is 5.75 Å². The van der Waals surface area contributed by atoms with Crippen molar-refractivity contribution in [3.63, 3.8) is 0 Å². The highest BCUT2D eigenvalue weighted by Crippen LogP contribution is 2.30. The number of hydrogen-bond acceptors (Lipinski definition) is 5. The molecule has 3 rings (SSSR count). The number of rotatable bonds is 5. The lowest BCUT2D eigenvalue weighted by atomic mass is 10.1. The van der Waals surface area contributed by atoms with Crippen molar-refractivity contribution in [2.45, 2.75) is 25.7 Å². The molecule has 0 amide bonds. The van der Waals surface area contributed by atoms with Crippen LogP contribution in [0.15, 0.2) is 48.7 Å². The summed E-state index contributed by atoms with van der Waals surface area (Å²) in [5, 5.41) is 7.16. The lowest BCUT2D eigenvalue weighted by Crippen LogP contribution is -2.40. The fourth-order valence-electron chi connectivity index (χ4n) is 2.71. The number of benzene rings is 1. The van der Waals surface area contributed by atoms with Gasteiger partial charge in [-0.15, -0.1) is 0 Å². The third-order valence-electron chi connectivity index (χ3n) is 3.88. The normalized spacial score (nSPS) is 12.1. The Balaban J connectivity index is 1.86. The van der Waals surface area contributed by atoms with Crippen molar-refractivity contribution in [3.05, 3.63) is 54.4 Å². The Kier molecular flexibility index (Phi) is 4.82. The number of alkyl halides is 3. The Morgan fingerprint density at radius 3 is 2.48 bits per heavy atom. The summed E-state index contributed by atoms with van der Waals surface area (Å²) in [5.74, 6) is 0.819. The summed E-state index contributed by atoms with van der Waals surface area (Å²) in [5.41, 5.74) is -0.185. The van der Waals surface area contributed by atoms with Gasteiger partial charge in [0.2, 0.25) is 0 Å². The lowest BCUT2D eigenvalue weighted by molar-refractivity contribution is -0.141. The molecule has 0 spiro atoms. The van der Waals surface area contributed by atoms with Gasteiger partial charge in [-0.3, -0.25) is 4.98 Å². The van der Waals surface area contributed by atoms with Crippen LogP contribution in [0.3, 0.4) is 0 Å². The highest BCUT2D eigenvalue weighted by Gasteiger charge is 2.32. The minimum absolute atomic E-state index is 0.127. The fraction of sp³-hybridized carbons (Fsp3) is 0.263. The van der Waals surface area contributed by atoms with Crippen molar-refractivity contribution in [2.24, 2.45) is 0 Å². The molecule has 0 aliphatic carbocycles. The molecule has 0 unspecified atom stereocenters. The molecule has 142 valence electrons. The molecule has 0 radical (unpaired) electrons. The Hall–Kier alpha value is -3.03. The van der Waals surface area contributed by atoms with Crippen molar-refractivity contribution in [1.29, 1.82) is 0 Å². The van der Waals surface area contributed by atoms with Gasteiger partial charge in [-0.25, -0.2) is 4.98 Å². The van der Waals surface area contributed by atoms with E-state index in [2.05, 4.69) is 20.6 Å². The fourth-order valence-corrected chi connectivity index (χ4v) is 2.71. The highest BCUT2D eigenvalue weighted by atomic mass is 19.4. The number of halogens is 3. The first-order valence-corrected chi connectivity index (χ1v) is 8.21. The average Bonchev–Trinajstić information content (AvgIpc) is 2.60. The molecule has 0 atom stereocenters. The van der Waals surface area contributed by atoms with Crippen LogP contribution in [-0.4, -0.2) is 22.7 Å². The van der Waals surface area contributed by atoms with Gasteiger partial charge in [0.15, 0.2) is 0 Å². The van der Waals surface area contributed by atoms with E-state index in [1.54, 1.807) is 19.4 Å². The minimum Gasteiger partial charge on any atom is -0.497 e. The first-order chi connectivity index (χ1) is 12.7. The van der Waals surface area contributed by atoms with Crippen molar-refractivity contribution in [2.75, 3.05) is 17.7 Å². The van der Waals surface area contributed by atoms with Gasteiger partial charge in [-0.05, 0) is 44.2 Å². The Bertz CT molecular complexity index is 957. The standard InChI is InChI=1S/C19H19F3N4O/c1-18(2,26-17-6-4-5-16(24-17)19(20,21)22)25-14-9-10-23-15-11-12(27-3)7-8-13(14)15/h4-11H,1-3H3,(H,23,25)(H,24,26). The predicted octanol–water partition coefficient (Wildman–Crippen LogP) is 4.92. The van der Waals surface area contributed by atoms with Gasteiger partial charge in [0.1, 0.15) is 22.9 Å². The summed E-state index contributed by atoms with van der Waals surface area (Å²) in [7, 11) is 1.58. The smallest absolute Gasteiger partial charge is 0.433 e. The summed E-state index contributed by atoms with van der Waals surface area (Å²) in [6.45, 7) is 3.62. The van der Waals surface area contributed by atoms with Crippen LogP contribution in [-0.2, 0) is 6.18 Å². The molecule has 1 aromatic carbocycles. The number of pyridine rings is 2. The number of aromatic nitrogens is 2. The Labute approximate surface area is 154 Å². The molecule has 0 aliphatic rings. The van der Waals surface area contributed by atoms with E-state index in [0.717, 1.165) is 22.7 Å². The van der Waals surface area contributed by atoms with Gasteiger partial charge < -0.3 is 15.4 Å². The lowest BCUT2D eigenvalue weighted by Gasteiger charge is -2.30. The third kappa shape index (κ3) is 4.39. The first kappa shape index (κ1) is 18.8. The highest BCUT2D eigenvalue weighted by molar-refractivity contribution is 5.92. The maximum atomic E-state index is 12.9. The molecule has 0 fully saturated rings. The van der Waals surface area contributed by atoms with E-state index in [9.17, 15) is 13.2 Å². The number of nitrogens with one attached hydrogen (secondary N) is 2. The molecule has 2 heterocycles. The molecule has 0 bridgehead atoms. The molecule has 2 N–H and O–H groups in total. The van der Waals surface area contributed by atoms with Crippen LogP contribution in [0.1, 0.15) is 19.5 Å². The summed E-state index contributed by atoms with van der Waals surface area (Å²) < 4.78 is 43.8. The van der Waals surface area contributed by atoms with Crippen LogP contribution >= 0.6 is 0 Å². The van der Waals surface area contributed by atoms with Crippen molar-refractivity contribution in [1.82, 2.24) is 9.97 Å². The zero-order valence-corrected chi connectivity index (χ0v) is 15.1. The number of fused-ring (bicyclic) bond motifs is 1. The van der Waals surface area contributed by atoms with Gasteiger partial charge in [-0.1, -0.05) is 6.07 Å². The van der Waals surface area contributed by atoms with E-state index in [4.69, 9.17) is 4.74 Å². The van der Waals surface area contributed by atoms with E-state index in [-0.39, 0.29) is 5.82 Å². The van der Waals surface area contributed by atoms with Crippen LogP contribution < -0.4 is 15.4 Å². The maximum Gasteiger partial charge on any atom is 0.433 e. The van der Waals surface area contributed by atoms with Gasteiger partial charge in [0.05, 0.1) is 12.6 Å². The molecule has 8 heteroatoms. The second-order valence-corrected chi connectivity index (χ2v) is 6.52. The number of hydrogen-bond donors (Lipinski definition) is 2. The molecule has 0 saturated heterocycles. The van der Waals surface area contributed by atoms with E-state index in [1.165, 1.54) is 12.1 Å². The van der Waals surface area contributed by atoms with Crippen LogP contribution in [0.4, 0.5) is 24.7 Å². The van der Waals surface area contributed by atoms with E-state index >= 15 is 0 Å². The molecule has 5 nitrogen and oxygen atoms in total. The molecule has 2 aromatic heterocycles. The number of nitrogens with zero attached hydrogens (tertiary/aromatic N) is 2. The second kappa shape index (κ2) is 6.94. The monoisotopic (exact) mass is 376 g/mol. The van der Waals surface area contributed by atoms with Crippen molar-refractivity contribution >= 4 is 22.4 Å². The number of methoxy groups -OCH3 is 1. The molecule has 3 aromatic rings. The summed E-state index contributed by atoms with van der Waals surface area (Å²) in [6.07, 6.45) is -2.83. The van der Waals surface area contributed by atoms with E-state index < -0.39 is 17.5 Å². The minimum atomic E-state index is -4.49. The molecule has 0 saturated carbocycles. The molecular weight excluding hydrogens is 357 g/mol. The number of anilines is 2. The van der Waals surface area contributed by atoms with Crippen molar-refractivity contribution in [3.8, 4) is 5.75 Å². The van der Waals surface area contributed by atoms with Crippen LogP contribution in [0, 0.1) is 0 Å². The third-order valence-corrected chi connectivity index (χ3v) is 3.88. The molecular formula is C19H19F3N4O. The second-order valence-electron chi connectivity index (χ2n) is 6.52. The van der Waals surface area contributed by atoms with Gasteiger partial charge in [0.25, 0.3) is 0 Å². The van der Waals surface area contributed by atoms with Gasteiger partial charge >= 0.3 is 6.18 Å². The quantitative estimate of drug-likeness (QED) is 0.619. The predicted molar refractivity (Wildman–Crippen MR) is 98.9 cm³/mol. The van der Waals surface area contributed by atoms with Crippen LogP contribution in [0.2, 0.25) is 0 Å². The summed E-state index contributed by atoms with van der Waals surface area (Å²) >= 11 is 0. The maximum absolute atomic E-state index is 12.9. The van der Waals surface area contributed by atoms with Gasteiger partial charge in [-0.2, -0.15) is 13.2 Å². The zero-order chi connectivity index (χ0) is 19.7. The average molecular weight is 376 g/mol. The van der Waals surface area contributed by atoms with E-state index in [1.807, 2.05) is 32.0 Å². The topological polar surface area (TPSA) is 59.1 Å². The van der Waals surface area contributed by atoms with Crippen LogP contribution in [0.25, 0.3) is 10.9 Å². The largest absolute Gasteiger partial charge is 0.497 e. The first-order valence-electron chi connectivity index (χ1n) is 8.21. The summed E-state index contributed by atoms with van der Waals surface area (Å²) in [4.78, 5) is 7.98. The Morgan fingerprint density at radius 2 is 1.78 bits per heavy atom. The molecule has 0 aliphatic heterocycles. The zero-order valence-electron chi connectivity index (χ0n) is 15.1. The SMILES string of the molecule is COc1ccc2c(NC(C)(C)Nc3cccc(C(F)(F)F)n3)ccnc2c1. The Morgan fingerprint density at radius 1 is 1.00 bits per heavy atom. The molecule has 27 heavy (non-hydrogen) atoms. The van der Waals surface area contributed by atoms with Crippen molar-refractivity contribution < 1.29 is 17.9 Å². The van der Waals surface area contributed by atoms with Gasteiger partial charge in [0, 0.05) is 23.3 Å². The van der Waals surface area contributed by atoms with E-state index in [0.29, 0.717) is 5.75 Å². The summed E-state index contributed by atoms with van der Waals surface area (Å²) in [6, 6.07) is 11.1.